The monoisotopic (exact) mass is 387 g/mol. The lowest BCUT2D eigenvalue weighted by atomic mass is 9.96. The van der Waals surface area contributed by atoms with Gasteiger partial charge >= 0.3 is 0 Å². The highest BCUT2D eigenvalue weighted by molar-refractivity contribution is 5.71. The fourth-order valence-corrected chi connectivity index (χ4v) is 4.07. The van der Waals surface area contributed by atoms with E-state index in [4.69, 9.17) is 14.2 Å². The van der Waals surface area contributed by atoms with E-state index in [1.54, 1.807) is 0 Å². The average Bonchev–Trinajstić information content (AvgIpc) is 2.78. The minimum atomic E-state index is 0.552. The van der Waals surface area contributed by atoms with Gasteiger partial charge in [-0.1, -0.05) is 30.3 Å². The molecule has 0 aliphatic carbocycles. The molecule has 4 heteroatoms. The standard InChI is InChI=1S/C25H25NO3/c1-17-20(16-29-22-7-5-18-9-10-26-15-21(18)13-22)3-2-4-23(17)19-6-8-24-25(14-19)28-12-11-27-24/h2-8,13-14,26H,9-12,15-16H2,1H3. The van der Waals surface area contributed by atoms with E-state index in [1.165, 1.54) is 27.8 Å². The molecule has 0 atom stereocenters. The van der Waals surface area contributed by atoms with Crippen LogP contribution in [0.3, 0.4) is 0 Å². The Morgan fingerprint density at radius 2 is 1.83 bits per heavy atom. The predicted octanol–water partition coefficient (Wildman–Crippen LogP) is 4.66. The van der Waals surface area contributed by atoms with Gasteiger partial charge in [0.1, 0.15) is 25.6 Å². The van der Waals surface area contributed by atoms with Crippen molar-refractivity contribution in [2.24, 2.45) is 0 Å². The summed E-state index contributed by atoms with van der Waals surface area (Å²) in [7, 11) is 0. The lowest BCUT2D eigenvalue weighted by molar-refractivity contribution is 0.171. The number of hydrogen-bond donors (Lipinski definition) is 1. The molecule has 5 rings (SSSR count). The third kappa shape index (κ3) is 3.68. The van der Waals surface area contributed by atoms with E-state index < -0.39 is 0 Å². The van der Waals surface area contributed by atoms with Crippen molar-refractivity contribution in [3.63, 3.8) is 0 Å². The summed E-state index contributed by atoms with van der Waals surface area (Å²) in [5.41, 5.74) is 7.51. The van der Waals surface area contributed by atoms with Crippen molar-refractivity contribution in [1.29, 1.82) is 0 Å². The molecular formula is C25H25NO3. The highest BCUT2D eigenvalue weighted by Gasteiger charge is 2.15. The second kappa shape index (κ2) is 7.80. The average molecular weight is 387 g/mol. The van der Waals surface area contributed by atoms with Gasteiger partial charge in [-0.3, -0.25) is 0 Å². The number of hydrogen-bond acceptors (Lipinski definition) is 4. The SMILES string of the molecule is Cc1c(COc2ccc3c(c2)CNCC3)cccc1-c1ccc2c(c1)OCCO2. The molecule has 0 unspecified atom stereocenters. The third-order valence-corrected chi connectivity index (χ3v) is 5.76. The summed E-state index contributed by atoms with van der Waals surface area (Å²) in [6.45, 7) is 5.89. The quantitative estimate of drug-likeness (QED) is 0.707. The van der Waals surface area contributed by atoms with Gasteiger partial charge < -0.3 is 19.5 Å². The molecule has 0 spiro atoms. The van der Waals surface area contributed by atoms with Gasteiger partial charge in [0, 0.05) is 6.54 Å². The fourth-order valence-electron chi connectivity index (χ4n) is 4.07. The van der Waals surface area contributed by atoms with Crippen LogP contribution >= 0.6 is 0 Å². The van der Waals surface area contributed by atoms with Gasteiger partial charge in [0.15, 0.2) is 11.5 Å². The van der Waals surface area contributed by atoms with Crippen molar-refractivity contribution in [3.8, 4) is 28.4 Å². The molecule has 2 aliphatic heterocycles. The van der Waals surface area contributed by atoms with Gasteiger partial charge in [0.25, 0.3) is 0 Å². The summed E-state index contributed by atoms with van der Waals surface area (Å²) in [6, 6.07) is 19.0. The molecule has 2 heterocycles. The zero-order chi connectivity index (χ0) is 19.6. The molecule has 29 heavy (non-hydrogen) atoms. The Morgan fingerprint density at radius 1 is 0.931 bits per heavy atom. The molecule has 4 nitrogen and oxygen atoms in total. The van der Waals surface area contributed by atoms with Gasteiger partial charge in [-0.2, -0.15) is 0 Å². The Morgan fingerprint density at radius 3 is 2.76 bits per heavy atom. The van der Waals surface area contributed by atoms with Crippen molar-refractivity contribution >= 4 is 0 Å². The Bertz CT molecular complexity index is 1040. The summed E-state index contributed by atoms with van der Waals surface area (Å²) in [4.78, 5) is 0. The van der Waals surface area contributed by atoms with Crippen LogP contribution in [0, 0.1) is 6.92 Å². The molecule has 0 aromatic heterocycles. The second-order valence-corrected chi connectivity index (χ2v) is 7.59. The molecule has 0 saturated heterocycles. The summed E-state index contributed by atoms with van der Waals surface area (Å²) in [6.07, 6.45) is 1.09. The number of fused-ring (bicyclic) bond motifs is 2. The van der Waals surface area contributed by atoms with Crippen LogP contribution in [0.15, 0.2) is 54.6 Å². The van der Waals surface area contributed by atoms with E-state index >= 15 is 0 Å². The van der Waals surface area contributed by atoms with Crippen LogP contribution in [-0.4, -0.2) is 19.8 Å². The van der Waals surface area contributed by atoms with E-state index in [1.807, 2.05) is 6.07 Å². The van der Waals surface area contributed by atoms with Crippen LogP contribution in [0.5, 0.6) is 17.2 Å². The van der Waals surface area contributed by atoms with E-state index in [-0.39, 0.29) is 0 Å². The lowest BCUT2D eigenvalue weighted by Crippen LogP contribution is -2.23. The Labute approximate surface area is 171 Å². The fraction of sp³-hybridized carbons (Fsp3) is 0.280. The highest BCUT2D eigenvalue weighted by Crippen LogP contribution is 2.36. The molecule has 3 aromatic rings. The minimum Gasteiger partial charge on any atom is -0.489 e. The Kier molecular flexibility index (Phi) is 4.86. The molecule has 0 saturated carbocycles. The minimum absolute atomic E-state index is 0.552. The number of benzene rings is 3. The maximum Gasteiger partial charge on any atom is 0.161 e. The van der Waals surface area contributed by atoms with Crippen molar-refractivity contribution in [3.05, 3.63) is 76.9 Å². The molecule has 148 valence electrons. The molecular weight excluding hydrogens is 362 g/mol. The first kappa shape index (κ1) is 18.1. The highest BCUT2D eigenvalue weighted by atomic mass is 16.6. The Hall–Kier alpha value is -2.98. The largest absolute Gasteiger partial charge is 0.489 e. The maximum atomic E-state index is 6.15. The molecule has 0 amide bonds. The molecule has 0 radical (unpaired) electrons. The van der Waals surface area contributed by atoms with Gasteiger partial charge in [-0.25, -0.2) is 0 Å². The first-order valence-electron chi connectivity index (χ1n) is 10.2. The smallest absolute Gasteiger partial charge is 0.161 e. The first-order chi connectivity index (χ1) is 14.3. The second-order valence-electron chi connectivity index (χ2n) is 7.59. The summed E-state index contributed by atoms with van der Waals surface area (Å²) in [5, 5.41) is 3.42. The van der Waals surface area contributed by atoms with Gasteiger partial charge in [-0.15, -0.1) is 0 Å². The lowest BCUT2D eigenvalue weighted by Gasteiger charge is -2.20. The van der Waals surface area contributed by atoms with E-state index in [0.717, 1.165) is 42.3 Å². The van der Waals surface area contributed by atoms with Crippen LogP contribution in [0.4, 0.5) is 0 Å². The first-order valence-corrected chi connectivity index (χ1v) is 10.2. The van der Waals surface area contributed by atoms with Crippen molar-refractivity contribution < 1.29 is 14.2 Å². The van der Waals surface area contributed by atoms with Gasteiger partial charge in [0.05, 0.1) is 0 Å². The van der Waals surface area contributed by atoms with Gasteiger partial charge in [0.2, 0.25) is 0 Å². The normalized spacial score (nSPS) is 14.9. The molecule has 2 aliphatic rings. The number of nitrogens with one attached hydrogen (secondary N) is 1. The number of rotatable bonds is 4. The van der Waals surface area contributed by atoms with Crippen LogP contribution < -0.4 is 19.5 Å². The van der Waals surface area contributed by atoms with Gasteiger partial charge in [-0.05, 0) is 77.5 Å². The molecule has 0 fully saturated rings. The summed E-state index contributed by atoms with van der Waals surface area (Å²) >= 11 is 0. The van der Waals surface area contributed by atoms with E-state index in [9.17, 15) is 0 Å². The van der Waals surface area contributed by atoms with Crippen molar-refractivity contribution in [1.82, 2.24) is 5.32 Å². The maximum absolute atomic E-state index is 6.15. The van der Waals surface area contributed by atoms with Crippen molar-refractivity contribution in [2.45, 2.75) is 26.5 Å². The van der Waals surface area contributed by atoms with Crippen LogP contribution in [0.1, 0.15) is 22.3 Å². The van der Waals surface area contributed by atoms with Crippen LogP contribution in [0.2, 0.25) is 0 Å². The summed E-state index contributed by atoms with van der Waals surface area (Å²) in [5.74, 6) is 2.56. The van der Waals surface area contributed by atoms with Crippen molar-refractivity contribution in [2.75, 3.05) is 19.8 Å². The predicted molar refractivity (Wildman–Crippen MR) is 114 cm³/mol. The Balaban J connectivity index is 1.37. The van der Waals surface area contributed by atoms with E-state index in [0.29, 0.717) is 19.8 Å². The van der Waals surface area contributed by atoms with Crippen LogP contribution in [-0.2, 0) is 19.6 Å². The molecule has 0 bridgehead atoms. The summed E-state index contributed by atoms with van der Waals surface area (Å²) < 4.78 is 17.5. The topological polar surface area (TPSA) is 39.7 Å². The third-order valence-electron chi connectivity index (χ3n) is 5.76. The molecule has 3 aromatic carbocycles. The molecule has 1 N–H and O–H groups in total. The van der Waals surface area contributed by atoms with Crippen LogP contribution in [0.25, 0.3) is 11.1 Å². The number of ether oxygens (including phenoxy) is 3. The van der Waals surface area contributed by atoms with E-state index in [2.05, 4.69) is 60.8 Å². The zero-order valence-corrected chi connectivity index (χ0v) is 16.7. The zero-order valence-electron chi connectivity index (χ0n) is 16.7.